The molecule has 0 spiro atoms. The second-order valence-electron chi connectivity index (χ2n) is 6.12. The molecule has 0 saturated carbocycles. The molecule has 0 atom stereocenters. The van der Waals surface area contributed by atoms with Crippen molar-refractivity contribution in [2.24, 2.45) is 0 Å². The molecular formula is C18H42N4. The molecule has 0 aliphatic rings. The molecule has 4 N–H and O–H groups in total. The number of nitrogens with one attached hydrogen (secondary N) is 4. The molecule has 0 aliphatic carbocycles. The van der Waals surface area contributed by atoms with Crippen molar-refractivity contribution in [3.05, 3.63) is 0 Å². The van der Waals surface area contributed by atoms with E-state index >= 15 is 0 Å². The summed E-state index contributed by atoms with van der Waals surface area (Å²) < 4.78 is 0. The number of unbranched alkanes of at least 4 members (excludes halogenated alkanes) is 5. The fourth-order valence-electron chi connectivity index (χ4n) is 2.37. The number of hydrogen-bond acceptors (Lipinski definition) is 4. The fourth-order valence-corrected chi connectivity index (χ4v) is 2.37. The topological polar surface area (TPSA) is 48.1 Å². The van der Waals surface area contributed by atoms with Gasteiger partial charge in [0.25, 0.3) is 0 Å². The van der Waals surface area contributed by atoms with Gasteiger partial charge in [-0.25, -0.2) is 0 Å². The highest BCUT2D eigenvalue weighted by Crippen LogP contribution is 1.96. The lowest BCUT2D eigenvalue weighted by atomic mass is 10.2. The number of rotatable bonds is 19. The Morgan fingerprint density at radius 1 is 0.364 bits per heavy atom. The lowest BCUT2D eigenvalue weighted by Gasteiger charge is -2.08. The quantitative estimate of drug-likeness (QED) is 0.277. The molecule has 0 rings (SSSR count). The highest BCUT2D eigenvalue weighted by Gasteiger charge is 1.91. The second kappa shape index (κ2) is 20.8. The maximum absolute atomic E-state index is 3.50. The molecule has 22 heavy (non-hydrogen) atoms. The van der Waals surface area contributed by atoms with Crippen LogP contribution in [-0.4, -0.2) is 52.4 Å². The summed E-state index contributed by atoms with van der Waals surface area (Å²) in [6.07, 6.45) is 10.6. The van der Waals surface area contributed by atoms with Gasteiger partial charge in [0.2, 0.25) is 0 Å². The van der Waals surface area contributed by atoms with Gasteiger partial charge >= 0.3 is 0 Å². The molecule has 0 aromatic rings. The lowest BCUT2D eigenvalue weighted by molar-refractivity contribution is 0.545. The Bertz CT molecular complexity index is 168. The van der Waals surface area contributed by atoms with E-state index in [4.69, 9.17) is 0 Å². The maximum atomic E-state index is 3.50. The molecule has 4 nitrogen and oxygen atoms in total. The normalized spacial score (nSPS) is 11.2. The lowest BCUT2D eigenvalue weighted by Crippen LogP contribution is -2.31. The van der Waals surface area contributed by atoms with E-state index in [1.165, 1.54) is 64.5 Å². The Kier molecular flexibility index (Phi) is 20.7. The van der Waals surface area contributed by atoms with Gasteiger partial charge in [0.1, 0.15) is 0 Å². The van der Waals surface area contributed by atoms with Gasteiger partial charge in [-0.2, -0.15) is 0 Å². The van der Waals surface area contributed by atoms with Crippen LogP contribution in [0.25, 0.3) is 0 Å². The van der Waals surface area contributed by atoms with Crippen molar-refractivity contribution in [2.75, 3.05) is 52.4 Å². The van der Waals surface area contributed by atoms with Gasteiger partial charge in [-0.3, -0.25) is 0 Å². The van der Waals surface area contributed by atoms with E-state index in [0.29, 0.717) is 0 Å². The van der Waals surface area contributed by atoms with E-state index in [9.17, 15) is 0 Å². The van der Waals surface area contributed by atoms with Crippen molar-refractivity contribution in [3.63, 3.8) is 0 Å². The molecule has 0 unspecified atom stereocenters. The molecule has 0 radical (unpaired) electrons. The average molecular weight is 315 g/mol. The van der Waals surface area contributed by atoms with E-state index in [-0.39, 0.29) is 0 Å². The van der Waals surface area contributed by atoms with E-state index in [0.717, 1.165) is 39.3 Å². The summed E-state index contributed by atoms with van der Waals surface area (Å²) in [7, 11) is 0. The van der Waals surface area contributed by atoms with Gasteiger partial charge in [-0.15, -0.1) is 0 Å². The summed E-state index contributed by atoms with van der Waals surface area (Å²) in [5, 5.41) is 14.0. The van der Waals surface area contributed by atoms with Gasteiger partial charge < -0.3 is 21.3 Å². The summed E-state index contributed by atoms with van der Waals surface area (Å²) in [5.41, 5.74) is 0. The molecule has 0 saturated heterocycles. The van der Waals surface area contributed by atoms with Crippen LogP contribution >= 0.6 is 0 Å². The van der Waals surface area contributed by atoms with Crippen molar-refractivity contribution < 1.29 is 0 Å². The molecule has 0 fully saturated rings. The zero-order chi connectivity index (χ0) is 16.1. The third-order valence-corrected chi connectivity index (χ3v) is 3.83. The molecule has 0 aromatic heterocycles. The Labute approximate surface area is 139 Å². The summed E-state index contributed by atoms with van der Waals surface area (Å²) in [6.45, 7) is 13.5. The van der Waals surface area contributed by atoms with E-state index in [1.807, 2.05) is 0 Å². The van der Waals surface area contributed by atoms with Crippen LogP contribution in [0.3, 0.4) is 0 Å². The van der Waals surface area contributed by atoms with E-state index < -0.39 is 0 Å². The second-order valence-corrected chi connectivity index (χ2v) is 6.12. The van der Waals surface area contributed by atoms with E-state index in [1.54, 1.807) is 0 Å². The van der Waals surface area contributed by atoms with Gasteiger partial charge in [0.15, 0.2) is 0 Å². The SMILES string of the molecule is CCCCCCNCCNCCCNCCNCCCCC. The Balaban J connectivity index is 2.91. The largest absolute Gasteiger partial charge is 0.315 e. The minimum absolute atomic E-state index is 1.09. The van der Waals surface area contributed by atoms with Crippen LogP contribution in [0.15, 0.2) is 0 Å². The van der Waals surface area contributed by atoms with Crippen molar-refractivity contribution in [3.8, 4) is 0 Å². The molecule has 0 bridgehead atoms. The summed E-state index contributed by atoms with van der Waals surface area (Å²) in [5.74, 6) is 0. The van der Waals surface area contributed by atoms with Crippen LogP contribution in [0.2, 0.25) is 0 Å². The zero-order valence-corrected chi connectivity index (χ0v) is 15.3. The van der Waals surface area contributed by atoms with Crippen LogP contribution in [0.1, 0.15) is 65.2 Å². The van der Waals surface area contributed by atoms with Crippen LogP contribution in [0.5, 0.6) is 0 Å². The predicted molar refractivity (Wildman–Crippen MR) is 99.8 cm³/mol. The van der Waals surface area contributed by atoms with Gasteiger partial charge in [-0.1, -0.05) is 46.0 Å². The first-order valence-corrected chi connectivity index (χ1v) is 9.74. The smallest absolute Gasteiger partial charge is 0.00767 e. The standard InChI is InChI=1S/C18H42N4/c1-3-5-7-9-12-20-16-18-22-14-10-13-21-17-15-19-11-8-6-4-2/h19-22H,3-18H2,1-2H3. The zero-order valence-electron chi connectivity index (χ0n) is 15.3. The minimum atomic E-state index is 1.09. The highest BCUT2D eigenvalue weighted by molar-refractivity contribution is 4.56. The summed E-state index contributed by atoms with van der Waals surface area (Å²) >= 11 is 0. The predicted octanol–water partition coefficient (Wildman–Crippen LogP) is 2.51. The molecular weight excluding hydrogens is 272 g/mol. The van der Waals surface area contributed by atoms with E-state index in [2.05, 4.69) is 35.1 Å². The average Bonchev–Trinajstić information content (AvgIpc) is 2.54. The van der Waals surface area contributed by atoms with Gasteiger partial charge in [-0.05, 0) is 45.4 Å². The number of hydrogen-bond donors (Lipinski definition) is 4. The molecule has 0 aromatic carbocycles. The fraction of sp³-hybridized carbons (Fsp3) is 1.00. The molecule has 134 valence electrons. The Morgan fingerprint density at radius 3 is 1.18 bits per heavy atom. The molecule has 4 heteroatoms. The van der Waals surface area contributed by atoms with Crippen LogP contribution < -0.4 is 21.3 Å². The molecule has 0 amide bonds. The molecule has 0 heterocycles. The monoisotopic (exact) mass is 314 g/mol. The first kappa shape index (κ1) is 21.8. The third kappa shape index (κ3) is 19.8. The van der Waals surface area contributed by atoms with Crippen LogP contribution in [0.4, 0.5) is 0 Å². The molecule has 0 aliphatic heterocycles. The Hall–Kier alpha value is -0.160. The van der Waals surface area contributed by atoms with Crippen molar-refractivity contribution >= 4 is 0 Å². The summed E-state index contributed by atoms with van der Waals surface area (Å²) in [4.78, 5) is 0. The van der Waals surface area contributed by atoms with Gasteiger partial charge in [0.05, 0.1) is 0 Å². The first-order chi connectivity index (χ1) is 10.9. The Morgan fingerprint density at radius 2 is 0.727 bits per heavy atom. The minimum Gasteiger partial charge on any atom is -0.315 e. The van der Waals surface area contributed by atoms with Crippen molar-refractivity contribution in [1.82, 2.24) is 21.3 Å². The van der Waals surface area contributed by atoms with Crippen molar-refractivity contribution in [2.45, 2.75) is 65.2 Å². The first-order valence-electron chi connectivity index (χ1n) is 9.74. The van der Waals surface area contributed by atoms with Crippen LogP contribution in [-0.2, 0) is 0 Å². The van der Waals surface area contributed by atoms with Gasteiger partial charge in [0, 0.05) is 26.2 Å². The van der Waals surface area contributed by atoms with Crippen molar-refractivity contribution in [1.29, 1.82) is 0 Å². The third-order valence-electron chi connectivity index (χ3n) is 3.83. The maximum Gasteiger partial charge on any atom is 0.00767 e. The highest BCUT2D eigenvalue weighted by atomic mass is 15.0. The van der Waals surface area contributed by atoms with Crippen LogP contribution in [0, 0.1) is 0 Å². The summed E-state index contributed by atoms with van der Waals surface area (Å²) in [6, 6.07) is 0.